The first-order chi connectivity index (χ1) is 19.9. The van der Waals surface area contributed by atoms with Gasteiger partial charge in [0.2, 0.25) is 0 Å². The zero-order chi connectivity index (χ0) is 30.0. The van der Waals surface area contributed by atoms with Gasteiger partial charge in [0.25, 0.3) is 0 Å². The van der Waals surface area contributed by atoms with Gasteiger partial charge in [0, 0.05) is 12.1 Å². The Morgan fingerprint density at radius 3 is 1.63 bits per heavy atom. The molecule has 0 amide bonds. The summed E-state index contributed by atoms with van der Waals surface area (Å²) in [5.74, 6) is -0.0953. The predicted octanol–water partition coefficient (Wildman–Crippen LogP) is 4.22. The number of carbonyl (C=O) groups excluding carboxylic acids is 2. The quantitative estimate of drug-likeness (QED) is 0.297. The lowest BCUT2D eigenvalue weighted by Gasteiger charge is -2.11. The van der Waals surface area contributed by atoms with Gasteiger partial charge in [-0.15, -0.1) is 0 Å². The lowest BCUT2D eigenvalue weighted by Crippen LogP contribution is -2.06. The molecule has 2 aromatic carbocycles. The summed E-state index contributed by atoms with van der Waals surface area (Å²) >= 11 is 0. The van der Waals surface area contributed by atoms with Gasteiger partial charge in [0.15, 0.2) is 34.4 Å². The zero-order valence-electron chi connectivity index (χ0n) is 23.1. The number of carbonyl (C=O) groups is 2. The number of hydrogen-bond acceptors (Lipinski definition) is 11. The SMILES string of the molecule is COC(=O)c1cc(OC)c(O)cn1.COC(=O)c1cc(OC)c(OCc2ccccc2)cn1.OCc1ccccc1. The predicted molar refractivity (Wildman–Crippen MR) is 149 cm³/mol. The summed E-state index contributed by atoms with van der Waals surface area (Å²) in [7, 11) is 5.45. The van der Waals surface area contributed by atoms with Crippen molar-refractivity contribution in [1.82, 2.24) is 9.97 Å². The van der Waals surface area contributed by atoms with Crippen LogP contribution in [0.5, 0.6) is 23.0 Å². The summed E-state index contributed by atoms with van der Waals surface area (Å²) in [5.41, 5.74) is 2.27. The highest BCUT2D eigenvalue weighted by molar-refractivity contribution is 5.88. The number of aliphatic hydroxyl groups is 1. The van der Waals surface area contributed by atoms with Crippen molar-refractivity contribution in [1.29, 1.82) is 0 Å². The molecule has 0 radical (unpaired) electrons. The minimum absolute atomic E-state index is 0.0946. The number of nitrogens with zero attached hydrogens (tertiary/aromatic N) is 2. The van der Waals surface area contributed by atoms with Crippen molar-refractivity contribution < 1.29 is 43.5 Å². The molecule has 2 aromatic heterocycles. The maximum atomic E-state index is 11.4. The monoisotopic (exact) mass is 564 g/mol. The number of rotatable bonds is 8. The first-order valence-corrected chi connectivity index (χ1v) is 12.1. The van der Waals surface area contributed by atoms with Gasteiger partial charge in [-0.05, 0) is 11.1 Å². The number of benzene rings is 2. The number of aromatic hydroxyl groups is 1. The lowest BCUT2D eigenvalue weighted by molar-refractivity contribution is 0.0584. The van der Waals surface area contributed by atoms with E-state index < -0.39 is 11.9 Å². The molecule has 0 fully saturated rings. The van der Waals surface area contributed by atoms with E-state index >= 15 is 0 Å². The second-order valence-corrected chi connectivity index (χ2v) is 7.86. The van der Waals surface area contributed by atoms with Gasteiger partial charge in [0.1, 0.15) is 6.61 Å². The first-order valence-electron chi connectivity index (χ1n) is 12.1. The van der Waals surface area contributed by atoms with Crippen LogP contribution >= 0.6 is 0 Å². The van der Waals surface area contributed by atoms with Gasteiger partial charge in [-0.1, -0.05) is 60.7 Å². The first kappa shape index (κ1) is 32.1. The van der Waals surface area contributed by atoms with E-state index in [9.17, 15) is 9.59 Å². The second kappa shape index (κ2) is 17.4. The van der Waals surface area contributed by atoms with Crippen molar-refractivity contribution in [2.75, 3.05) is 28.4 Å². The van der Waals surface area contributed by atoms with Crippen LogP contribution in [0, 0.1) is 0 Å². The molecule has 11 heteroatoms. The summed E-state index contributed by atoms with van der Waals surface area (Å²) in [4.78, 5) is 30.0. The molecule has 11 nitrogen and oxygen atoms in total. The van der Waals surface area contributed by atoms with Crippen molar-refractivity contribution in [2.24, 2.45) is 0 Å². The summed E-state index contributed by atoms with van der Waals surface area (Å²) < 4.78 is 24.7. The Morgan fingerprint density at radius 2 is 1.17 bits per heavy atom. The van der Waals surface area contributed by atoms with Crippen LogP contribution in [0.2, 0.25) is 0 Å². The van der Waals surface area contributed by atoms with Crippen LogP contribution in [-0.4, -0.2) is 60.6 Å². The number of pyridine rings is 2. The van der Waals surface area contributed by atoms with E-state index in [4.69, 9.17) is 24.4 Å². The molecule has 2 N–H and O–H groups in total. The van der Waals surface area contributed by atoms with Crippen LogP contribution in [0.15, 0.2) is 85.2 Å². The average Bonchev–Trinajstić information content (AvgIpc) is 3.04. The van der Waals surface area contributed by atoms with Crippen LogP contribution in [0.4, 0.5) is 0 Å². The number of aliphatic hydroxyl groups excluding tert-OH is 1. The fraction of sp³-hybridized carbons (Fsp3) is 0.200. The van der Waals surface area contributed by atoms with Gasteiger partial charge in [-0.3, -0.25) is 0 Å². The average molecular weight is 565 g/mol. The topological polar surface area (TPSA) is 147 Å². The van der Waals surface area contributed by atoms with Crippen LogP contribution in [0.1, 0.15) is 32.1 Å². The highest BCUT2D eigenvalue weighted by atomic mass is 16.5. The molecule has 4 aromatic rings. The van der Waals surface area contributed by atoms with E-state index in [0.29, 0.717) is 18.1 Å². The van der Waals surface area contributed by atoms with E-state index in [0.717, 1.165) is 17.3 Å². The van der Waals surface area contributed by atoms with Crippen molar-refractivity contribution in [2.45, 2.75) is 13.2 Å². The summed E-state index contributed by atoms with van der Waals surface area (Å²) in [6.07, 6.45) is 2.58. The third-order valence-corrected chi connectivity index (χ3v) is 5.17. The number of methoxy groups -OCH3 is 4. The lowest BCUT2D eigenvalue weighted by atomic mass is 10.2. The molecule has 0 saturated heterocycles. The van der Waals surface area contributed by atoms with E-state index in [1.807, 2.05) is 60.7 Å². The molecule has 0 bridgehead atoms. The largest absolute Gasteiger partial charge is 0.503 e. The molecular formula is C30H32N2O9. The molecule has 2 heterocycles. The molecule has 41 heavy (non-hydrogen) atoms. The van der Waals surface area contributed by atoms with E-state index in [-0.39, 0.29) is 29.5 Å². The highest BCUT2D eigenvalue weighted by Gasteiger charge is 2.13. The minimum Gasteiger partial charge on any atom is -0.503 e. The van der Waals surface area contributed by atoms with Crippen LogP contribution in [0.25, 0.3) is 0 Å². The molecule has 0 aliphatic rings. The van der Waals surface area contributed by atoms with E-state index in [1.165, 1.54) is 46.8 Å². The molecular weight excluding hydrogens is 532 g/mol. The van der Waals surface area contributed by atoms with Crippen LogP contribution < -0.4 is 14.2 Å². The van der Waals surface area contributed by atoms with Crippen molar-refractivity contribution in [3.8, 4) is 23.0 Å². The molecule has 0 unspecified atom stereocenters. The van der Waals surface area contributed by atoms with Crippen molar-refractivity contribution in [3.05, 3.63) is 108 Å². The number of hydrogen-bond donors (Lipinski definition) is 2. The molecule has 0 saturated carbocycles. The Labute approximate surface area is 237 Å². The maximum absolute atomic E-state index is 11.4. The number of esters is 2. The Bertz CT molecular complexity index is 1370. The van der Waals surface area contributed by atoms with Gasteiger partial charge in [0.05, 0.1) is 47.4 Å². The molecule has 0 atom stereocenters. The minimum atomic E-state index is -0.571. The second-order valence-electron chi connectivity index (χ2n) is 7.86. The third kappa shape index (κ3) is 10.5. The smallest absolute Gasteiger partial charge is 0.356 e. The van der Waals surface area contributed by atoms with Crippen molar-refractivity contribution >= 4 is 11.9 Å². The normalized spacial score (nSPS) is 9.59. The highest BCUT2D eigenvalue weighted by Crippen LogP contribution is 2.27. The number of ether oxygens (including phenoxy) is 5. The maximum Gasteiger partial charge on any atom is 0.356 e. The van der Waals surface area contributed by atoms with Crippen LogP contribution in [0.3, 0.4) is 0 Å². The standard InChI is InChI=1S/C15H15NO4.C8H9NO4.C7H8O/c1-18-13-8-12(15(17)19-2)16-9-14(13)20-10-11-6-4-3-5-7-11;1-12-7-3-5(8(11)13-2)9-4-6(7)10;8-6-7-4-2-1-3-5-7/h3-9H,10H2,1-2H3;3-4,10H,1-2H3;1-5,8H,6H2. The summed E-state index contributed by atoms with van der Waals surface area (Å²) in [5, 5.41) is 17.7. The Kier molecular flexibility index (Phi) is 13.6. The van der Waals surface area contributed by atoms with Gasteiger partial charge < -0.3 is 33.9 Å². The Hall–Kier alpha value is -5.16. The van der Waals surface area contributed by atoms with Crippen LogP contribution in [-0.2, 0) is 22.7 Å². The van der Waals surface area contributed by atoms with E-state index in [1.54, 1.807) is 0 Å². The number of aromatic nitrogens is 2. The fourth-order valence-electron chi connectivity index (χ4n) is 3.04. The third-order valence-electron chi connectivity index (χ3n) is 5.17. The molecule has 216 valence electrons. The zero-order valence-corrected chi connectivity index (χ0v) is 23.1. The molecule has 4 rings (SSSR count). The molecule has 0 aliphatic carbocycles. The fourth-order valence-corrected chi connectivity index (χ4v) is 3.04. The van der Waals surface area contributed by atoms with E-state index in [2.05, 4.69) is 19.4 Å². The van der Waals surface area contributed by atoms with Gasteiger partial charge in [-0.2, -0.15) is 0 Å². The van der Waals surface area contributed by atoms with Gasteiger partial charge in [-0.25, -0.2) is 19.6 Å². The van der Waals surface area contributed by atoms with Crippen molar-refractivity contribution in [3.63, 3.8) is 0 Å². The Morgan fingerprint density at radius 1 is 0.683 bits per heavy atom. The molecule has 0 spiro atoms. The van der Waals surface area contributed by atoms with Gasteiger partial charge >= 0.3 is 11.9 Å². The Balaban J connectivity index is 0.000000239. The molecule has 0 aliphatic heterocycles. The summed E-state index contributed by atoms with van der Waals surface area (Å²) in [6.45, 7) is 0.539. The summed E-state index contributed by atoms with van der Waals surface area (Å²) in [6, 6.07) is 22.1.